The third-order valence-electron chi connectivity index (χ3n) is 27.8. The number of nitrogens with zero attached hydrogens (tertiary/aromatic N) is 5. The summed E-state index contributed by atoms with van der Waals surface area (Å²) in [6, 6.07) is 46.8. The molecule has 8 saturated heterocycles. The van der Waals surface area contributed by atoms with E-state index < -0.39 is 21.7 Å². The number of furan rings is 5. The molecule has 5 N–H and O–H groups in total. The average molecular weight is 1980 g/mol. The van der Waals surface area contributed by atoms with Crippen LogP contribution in [0.25, 0.3) is 109 Å². The highest BCUT2D eigenvalue weighted by molar-refractivity contribution is 7.91. The van der Waals surface area contributed by atoms with E-state index >= 15 is 0 Å². The van der Waals surface area contributed by atoms with Crippen LogP contribution < -0.4 is 50.3 Å². The first-order valence-corrected chi connectivity index (χ1v) is 50.8. The molecule has 8 aliphatic rings. The van der Waals surface area contributed by atoms with Gasteiger partial charge in [0.05, 0.1) is 125 Å². The van der Waals surface area contributed by atoms with Crippen LogP contribution in [0.2, 0.25) is 0 Å². The molecule has 0 spiro atoms. The molecule has 748 valence electrons. The minimum absolute atomic E-state index is 0.208. The topological polar surface area (TPSA) is 421 Å². The summed E-state index contributed by atoms with van der Waals surface area (Å²) in [4.78, 5) is 133. The van der Waals surface area contributed by atoms with Crippen molar-refractivity contribution in [3.05, 3.63) is 205 Å². The Morgan fingerprint density at radius 3 is 1.01 bits per heavy atom. The van der Waals surface area contributed by atoms with Crippen molar-refractivity contribution in [1.29, 1.82) is 0 Å². The van der Waals surface area contributed by atoms with E-state index in [9.17, 15) is 56.4 Å². The Bertz CT molecular complexity index is 7540. The van der Waals surface area contributed by atoms with E-state index in [0.29, 0.717) is 127 Å². The van der Waals surface area contributed by atoms with Gasteiger partial charge < -0.3 is 60.1 Å². The number of nitrogens with one attached hydrogen (secondary N) is 5. The molecule has 8 aliphatic heterocycles. The van der Waals surface area contributed by atoms with Crippen molar-refractivity contribution in [1.82, 2.24) is 51.2 Å². The molecule has 14 heterocycles. The predicted molar refractivity (Wildman–Crippen MR) is 538 cm³/mol. The van der Waals surface area contributed by atoms with Crippen molar-refractivity contribution >= 4 is 178 Å². The van der Waals surface area contributed by atoms with E-state index in [1.54, 1.807) is 38.4 Å². The zero-order valence-corrected chi connectivity index (χ0v) is 81.0. The molecule has 0 aliphatic carbocycles. The molecule has 0 bridgehead atoms. The Kier molecular flexibility index (Phi) is 30.2. The Balaban J connectivity index is 0.000000114. The van der Waals surface area contributed by atoms with Crippen molar-refractivity contribution < 1.29 is 112 Å². The Labute approximate surface area is 827 Å². The molecule has 10 amide bonds. The summed E-state index contributed by atoms with van der Waals surface area (Å²) in [6.07, 6.45) is 14.2. The van der Waals surface area contributed by atoms with Crippen LogP contribution in [0.5, 0.6) is 28.9 Å². The molecule has 144 heavy (non-hydrogen) atoms. The minimum atomic E-state index is -2.88. The lowest BCUT2D eigenvalue weighted by Gasteiger charge is -2.26. The maximum absolute atomic E-state index is 12.4. The molecule has 6 aromatic heterocycles. The van der Waals surface area contributed by atoms with Gasteiger partial charge in [-0.25, -0.2) is 13.4 Å². The van der Waals surface area contributed by atoms with E-state index in [1.807, 2.05) is 160 Å². The number of pyridine rings is 1. The van der Waals surface area contributed by atoms with E-state index in [-0.39, 0.29) is 88.3 Å². The van der Waals surface area contributed by atoms with Gasteiger partial charge in [-0.2, -0.15) is 0 Å². The lowest BCUT2D eigenvalue weighted by Crippen LogP contribution is -2.42. The van der Waals surface area contributed by atoms with Gasteiger partial charge in [0.15, 0.2) is 9.84 Å². The summed E-state index contributed by atoms with van der Waals surface area (Å²) < 4.78 is 91.3. The van der Waals surface area contributed by atoms with Crippen LogP contribution in [-0.4, -0.2) is 243 Å². The van der Waals surface area contributed by atoms with Crippen LogP contribution in [0.15, 0.2) is 199 Å². The number of morpholine rings is 2. The van der Waals surface area contributed by atoms with Crippen LogP contribution in [0.3, 0.4) is 0 Å². The standard InChI is InChI=1S/C24H26N2O5.C23H24N2O6S.C22H23N3O5.C22H24N2O4.C18H15NO4/c27-22-7-5-19(24(28)25-22)20-15-31-21-6-2-16-14-17(3-4-18(16)23(20)21)30-11-1-8-26-9-12-29-13-10-26;26-21-6-4-18(23(27)24-21)19-14-31-20-5-1-15-13-16(2-3-17(15)22(19)20)30-10-7-25-8-11-32(28,29)12-9-25;26-19-5-1-14(22(27)24-19)16-13-30-18-4-3-17-15(21(16)18)2-6-20(23-17)29-12-9-25-7-10-28-11-8-25;1-24(2)10-3-11-27-15-5-6-16-14(12-15)4-8-19-21(16)18(13-28-19)17-7-9-20(25)23-22(17)26;1-22-11-3-4-12-10(8-11)2-6-15-17(12)14(9-23-15)13-5-7-16(20)19-18(13)21/h2-4,6,14-15,19H,1,5,7-13H2,(H,25,27,28);1-3,5,13-14,18H,4,6-12H2,(H,24,26,27);2-4,6,13-14H,1,5,7-12H2,(H,24,26,27);4-6,8,12-13,17H,3,7,9-11H2,1-2H3,(H,23,25,26);2-4,6,8-9,13H,5,7H2,1H3,(H,19,20,21). The molecule has 8 fully saturated rings. The number of aromatic nitrogens is 1. The van der Waals surface area contributed by atoms with Gasteiger partial charge in [-0.05, 0) is 217 Å². The molecule has 0 saturated carbocycles. The van der Waals surface area contributed by atoms with Crippen molar-refractivity contribution in [2.75, 3.05) is 151 Å². The smallest absolute Gasteiger partial charge is 0.234 e. The number of sulfone groups is 1. The number of benzene rings is 9. The molecule has 0 radical (unpaired) electrons. The number of rotatable bonds is 24. The molecular weight excluding hydrogens is 1870 g/mol. The third kappa shape index (κ3) is 22.5. The number of imide groups is 5. The maximum Gasteiger partial charge on any atom is 0.234 e. The third-order valence-corrected chi connectivity index (χ3v) is 29.4. The number of methoxy groups -OCH3 is 1. The zero-order valence-electron chi connectivity index (χ0n) is 80.2. The number of fused-ring (bicyclic) bond motifs is 15. The second kappa shape index (κ2) is 44.2. The number of ether oxygens (including phenoxy) is 7. The lowest BCUT2D eigenvalue weighted by atomic mass is 9.89. The van der Waals surface area contributed by atoms with Gasteiger partial charge >= 0.3 is 0 Å². The summed E-state index contributed by atoms with van der Waals surface area (Å²) in [5.74, 6) is -0.192. The van der Waals surface area contributed by atoms with Gasteiger partial charge in [0.25, 0.3) is 0 Å². The zero-order chi connectivity index (χ0) is 99.7. The maximum atomic E-state index is 12.4. The van der Waals surface area contributed by atoms with Gasteiger partial charge in [-0.1, -0.05) is 24.3 Å². The highest BCUT2D eigenvalue weighted by Crippen LogP contribution is 2.45. The normalized spacial score (nSPS) is 19.8. The summed E-state index contributed by atoms with van der Waals surface area (Å²) in [7, 11) is 2.85. The Hall–Kier alpha value is -14.5. The molecule has 34 nitrogen and oxygen atoms in total. The fourth-order valence-electron chi connectivity index (χ4n) is 20.2. The van der Waals surface area contributed by atoms with E-state index in [0.717, 1.165) is 234 Å². The van der Waals surface area contributed by atoms with E-state index in [1.165, 1.54) is 0 Å². The van der Waals surface area contributed by atoms with Crippen molar-refractivity contribution in [3.8, 4) is 28.9 Å². The molecule has 5 unspecified atom stereocenters. The summed E-state index contributed by atoms with van der Waals surface area (Å²) in [5, 5.41) is 25.7. The summed E-state index contributed by atoms with van der Waals surface area (Å²) in [5.41, 5.74) is 8.50. The van der Waals surface area contributed by atoms with Crippen LogP contribution in [0.4, 0.5) is 0 Å². The number of piperidine rings is 5. The number of amides is 10. The van der Waals surface area contributed by atoms with Gasteiger partial charge in [-0.15, -0.1) is 0 Å². The second-order valence-electron chi connectivity index (χ2n) is 37.4. The molecule has 35 heteroatoms. The Morgan fingerprint density at radius 2 is 0.653 bits per heavy atom. The first-order chi connectivity index (χ1) is 70.0. The van der Waals surface area contributed by atoms with Gasteiger partial charge in [0.1, 0.15) is 64.1 Å². The highest BCUT2D eigenvalue weighted by atomic mass is 32.2. The average Bonchev–Trinajstić information content (AvgIpc) is 1.62. The minimum Gasteiger partial charge on any atom is -0.497 e. The molecular formula is C109H112N10O24S. The number of carbonyl (C=O) groups excluding carboxylic acids is 10. The predicted octanol–water partition coefficient (Wildman–Crippen LogP) is 14.2. The van der Waals surface area contributed by atoms with Crippen molar-refractivity contribution in [3.63, 3.8) is 0 Å². The lowest BCUT2D eigenvalue weighted by molar-refractivity contribution is -0.135. The van der Waals surface area contributed by atoms with Crippen molar-refractivity contribution in [2.45, 2.75) is 107 Å². The highest BCUT2D eigenvalue weighted by Gasteiger charge is 2.38. The number of hydrogen-bond donors (Lipinski definition) is 5. The Morgan fingerprint density at radius 1 is 0.347 bits per heavy atom. The number of hydrogen-bond acceptors (Lipinski definition) is 29. The van der Waals surface area contributed by atoms with Crippen LogP contribution in [-0.2, 0) is 67.3 Å². The molecule has 5 atom stereocenters. The van der Waals surface area contributed by atoms with Crippen LogP contribution in [0, 0.1) is 0 Å². The van der Waals surface area contributed by atoms with Gasteiger partial charge in [-0.3, -0.25) is 89.2 Å². The SMILES string of the molecule is CN(C)CCCOc1ccc2c(ccc3occ(C4CCC(=O)NC4=O)c32)c1.COc1ccc2c(ccc3occ(C4CCC(=O)NC4=O)c32)c1.O=C1CCC(c2coc3ccc4cc(OCCCN5CCOCC5)ccc4c23)C(=O)N1.O=C1CCC(c2coc3ccc4cc(OCCN5CCS(=O)(=O)CC5)ccc4c23)C(=O)N1.O=C1CCC(c2coc3ccc4nc(OCCN5CCOCC5)ccc4c23)C(=O)N1. The van der Waals surface area contributed by atoms with E-state index in [4.69, 9.17) is 55.2 Å². The fraction of sp³-hybridized carbons (Fsp3) is 0.367. The van der Waals surface area contributed by atoms with E-state index in [2.05, 4.69) is 51.2 Å². The monoisotopic (exact) mass is 1980 g/mol. The van der Waals surface area contributed by atoms with Crippen molar-refractivity contribution in [2.24, 2.45) is 0 Å². The molecule has 9 aromatic carbocycles. The summed E-state index contributed by atoms with van der Waals surface area (Å²) >= 11 is 0. The second-order valence-corrected chi connectivity index (χ2v) is 39.7. The van der Waals surface area contributed by atoms with Gasteiger partial charge in [0.2, 0.25) is 65.0 Å². The van der Waals surface area contributed by atoms with Crippen LogP contribution in [0.1, 0.15) is 134 Å². The quantitative estimate of drug-likeness (QED) is 0.0277. The van der Waals surface area contributed by atoms with Crippen LogP contribution >= 0.6 is 0 Å². The first kappa shape index (κ1) is 98.3. The molecule has 15 aromatic rings. The van der Waals surface area contributed by atoms with Gasteiger partial charge in [0, 0.05) is 164 Å². The fourth-order valence-corrected chi connectivity index (χ4v) is 21.5. The largest absolute Gasteiger partial charge is 0.497 e. The first-order valence-electron chi connectivity index (χ1n) is 48.9. The number of carbonyl (C=O) groups is 10. The summed E-state index contributed by atoms with van der Waals surface area (Å²) in [6.45, 7) is 14.0. The molecule has 23 rings (SSSR count).